The van der Waals surface area contributed by atoms with E-state index in [4.69, 9.17) is 0 Å². The first kappa shape index (κ1) is 12.7. The molecule has 0 radical (unpaired) electrons. The van der Waals surface area contributed by atoms with Gasteiger partial charge in [0.2, 0.25) is 0 Å². The maximum absolute atomic E-state index is 4.48. The number of aromatic nitrogens is 6. The van der Waals surface area contributed by atoms with Gasteiger partial charge in [0.15, 0.2) is 0 Å². The fraction of sp³-hybridized carbons (Fsp3) is 0.125. The number of aryl methyl sites for hydroxylation is 2. The van der Waals surface area contributed by atoms with Crippen LogP contribution in [0.4, 0.5) is 0 Å². The van der Waals surface area contributed by atoms with Crippen LogP contribution in [-0.4, -0.2) is 29.3 Å². The van der Waals surface area contributed by atoms with Crippen LogP contribution in [0.25, 0.3) is 22.5 Å². The van der Waals surface area contributed by atoms with E-state index in [2.05, 4.69) is 46.1 Å². The van der Waals surface area contributed by atoms with Crippen LogP contribution in [0.5, 0.6) is 0 Å². The number of fused-ring (bicyclic) bond motifs is 1. The smallest absolute Gasteiger partial charge is 0.139 e. The summed E-state index contributed by atoms with van der Waals surface area (Å²) in [6.45, 7) is 4.21. The number of hydrogen-bond donors (Lipinski definition) is 0. The molecule has 0 aliphatic carbocycles. The highest BCUT2D eigenvalue weighted by atomic mass is 15.2. The van der Waals surface area contributed by atoms with E-state index < -0.39 is 0 Å². The molecule has 0 saturated heterocycles. The van der Waals surface area contributed by atoms with Crippen molar-refractivity contribution < 1.29 is 0 Å². The Bertz CT molecular complexity index is 935. The molecular formula is C16H14N6. The normalized spacial score (nSPS) is 11.2. The zero-order valence-electron chi connectivity index (χ0n) is 12.3. The Labute approximate surface area is 127 Å². The Morgan fingerprint density at radius 3 is 2.36 bits per heavy atom. The summed E-state index contributed by atoms with van der Waals surface area (Å²) in [5.74, 6) is 0.783. The van der Waals surface area contributed by atoms with Crippen LogP contribution in [0.15, 0.2) is 49.4 Å². The lowest BCUT2D eigenvalue weighted by molar-refractivity contribution is 0.975. The lowest BCUT2D eigenvalue weighted by Crippen LogP contribution is -1.98. The van der Waals surface area contributed by atoms with Gasteiger partial charge in [-0.25, -0.2) is 9.97 Å². The first-order valence-corrected chi connectivity index (χ1v) is 6.98. The molecule has 0 amide bonds. The van der Waals surface area contributed by atoms with E-state index in [1.165, 1.54) is 11.1 Å². The maximum atomic E-state index is 4.48. The third-order valence-electron chi connectivity index (χ3n) is 3.86. The SMILES string of the molecule is Cc1cc2ncn(-c3ccc(-n4cnnc4)nc3)c2cc1C. The lowest BCUT2D eigenvalue weighted by atomic mass is 10.1. The summed E-state index contributed by atoms with van der Waals surface area (Å²) in [7, 11) is 0. The van der Waals surface area contributed by atoms with Gasteiger partial charge < -0.3 is 0 Å². The van der Waals surface area contributed by atoms with Crippen molar-refractivity contribution in [2.45, 2.75) is 13.8 Å². The van der Waals surface area contributed by atoms with Crippen molar-refractivity contribution in [3.63, 3.8) is 0 Å². The molecule has 108 valence electrons. The summed E-state index contributed by atoms with van der Waals surface area (Å²) >= 11 is 0. The van der Waals surface area contributed by atoms with E-state index in [9.17, 15) is 0 Å². The largest absolute Gasteiger partial charge is 0.297 e. The first-order chi connectivity index (χ1) is 10.7. The number of pyridine rings is 1. The minimum absolute atomic E-state index is 0.783. The van der Waals surface area contributed by atoms with Crippen molar-refractivity contribution in [2.24, 2.45) is 0 Å². The summed E-state index contributed by atoms with van der Waals surface area (Å²) in [6.07, 6.45) is 6.91. The molecule has 4 aromatic rings. The third kappa shape index (κ3) is 1.96. The second kappa shape index (κ2) is 4.77. The summed E-state index contributed by atoms with van der Waals surface area (Å²) in [4.78, 5) is 8.94. The number of imidazole rings is 1. The average Bonchev–Trinajstić information content (AvgIpc) is 3.18. The molecule has 6 nitrogen and oxygen atoms in total. The molecule has 4 rings (SSSR count). The highest BCUT2D eigenvalue weighted by molar-refractivity contribution is 5.79. The predicted molar refractivity (Wildman–Crippen MR) is 83.3 cm³/mol. The lowest BCUT2D eigenvalue weighted by Gasteiger charge is -2.07. The molecule has 3 heterocycles. The first-order valence-electron chi connectivity index (χ1n) is 6.98. The van der Waals surface area contributed by atoms with Gasteiger partial charge in [-0.2, -0.15) is 0 Å². The second-order valence-corrected chi connectivity index (χ2v) is 5.28. The van der Waals surface area contributed by atoms with Crippen LogP contribution in [0.1, 0.15) is 11.1 Å². The van der Waals surface area contributed by atoms with E-state index in [1.807, 2.05) is 29.2 Å². The fourth-order valence-corrected chi connectivity index (χ4v) is 2.46. The Balaban J connectivity index is 1.80. The molecule has 0 spiro atoms. The van der Waals surface area contributed by atoms with Gasteiger partial charge >= 0.3 is 0 Å². The topological polar surface area (TPSA) is 61.4 Å². The van der Waals surface area contributed by atoms with Crippen molar-refractivity contribution in [3.8, 4) is 11.5 Å². The Morgan fingerprint density at radius 2 is 1.64 bits per heavy atom. The number of benzene rings is 1. The Hall–Kier alpha value is -3.02. The van der Waals surface area contributed by atoms with Crippen LogP contribution in [-0.2, 0) is 0 Å². The summed E-state index contributed by atoms with van der Waals surface area (Å²) in [5.41, 5.74) is 5.55. The van der Waals surface area contributed by atoms with Gasteiger partial charge in [0, 0.05) is 0 Å². The third-order valence-corrected chi connectivity index (χ3v) is 3.86. The summed E-state index contributed by atoms with van der Waals surface area (Å²) in [6, 6.07) is 8.22. The van der Waals surface area contributed by atoms with E-state index >= 15 is 0 Å². The molecule has 0 unspecified atom stereocenters. The Kier molecular flexibility index (Phi) is 2.75. The average molecular weight is 290 g/mol. The van der Waals surface area contributed by atoms with Gasteiger partial charge in [0.1, 0.15) is 24.8 Å². The van der Waals surface area contributed by atoms with Gasteiger partial charge in [-0.15, -0.1) is 10.2 Å². The van der Waals surface area contributed by atoms with E-state index in [-0.39, 0.29) is 0 Å². The minimum atomic E-state index is 0.783. The van der Waals surface area contributed by atoms with Gasteiger partial charge in [-0.3, -0.25) is 9.13 Å². The van der Waals surface area contributed by atoms with Crippen molar-refractivity contribution in [1.29, 1.82) is 0 Å². The highest BCUT2D eigenvalue weighted by Gasteiger charge is 2.07. The molecule has 1 aromatic carbocycles. The molecule has 0 bridgehead atoms. The molecule has 22 heavy (non-hydrogen) atoms. The van der Waals surface area contributed by atoms with Gasteiger partial charge in [0.25, 0.3) is 0 Å². The molecule has 0 saturated carbocycles. The van der Waals surface area contributed by atoms with Gasteiger partial charge in [0.05, 0.1) is 22.9 Å². The van der Waals surface area contributed by atoms with Gasteiger partial charge in [-0.1, -0.05) is 0 Å². The van der Waals surface area contributed by atoms with Crippen LogP contribution >= 0.6 is 0 Å². The summed E-state index contributed by atoms with van der Waals surface area (Å²) < 4.78 is 3.81. The molecule has 6 heteroatoms. The molecular weight excluding hydrogens is 276 g/mol. The van der Waals surface area contributed by atoms with Crippen molar-refractivity contribution in [2.75, 3.05) is 0 Å². The molecule has 3 aromatic heterocycles. The quantitative estimate of drug-likeness (QED) is 0.569. The zero-order chi connectivity index (χ0) is 15.1. The molecule has 0 aliphatic rings. The molecule has 0 fully saturated rings. The molecule has 0 N–H and O–H groups in total. The number of rotatable bonds is 2. The van der Waals surface area contributed by atoms with Crippen LogP contribution in [0, 0.1) is 13.8 Å². The molecule has 0 aliphatic heterocycles. The van der Waals surface area contributed by atoms with E-state index in [1.54, 1.807) is 17.2 Å². The highest BCUT2D eigenvalue weighted by Crippen LogP contribution is 2.21. The van der Waals surface area contributed by atoms with Crippen molar-refractivity contribution in [1.82, 2.24) is 29.3 Å². The predicted octanol–water partition coefficient (Wildman–Crippen LogP) is 2.62. The molecule has 0 atom stereocenters. The van der Waals surface area contributed by atoms with Crippen LogP contribution in [0.3, 0.4) is 0 Å². The Morgan fingerprint density at radius 1 is 0.864 bits per heavy atom. The van der Waals surface area contributed by atoms with Crippen molar-refractivity contribution in [3.05, 3.63) is 60.6 Å². The maximum Gasteiger partial charge on any atom is 0.139 e. The summed E-state index contributed by atoms with van der Waals surface area (Å²) in [5, 5.41) is 7.57. The number of hydrogen-bond acceptors (Lipinski definition) is 4. The van der Waals surface area contributed by atoms with Crippen molar-refractivity contribution >= 4 is 11.0 Å². The van der Waals surface area contributed by atoms with Crippen LogP contribution in [0.2, 0.25) is 0 Å². The minimum Gasteiger partial charge on any atom is -0.297 e. The van der Waals surface area contributed by atoms with E-state index in [0.717, 1.165) is 22.5 Å². The van der Waals surface area contributed by atoms with E-state index in [0.29, 0.717) is 0 Å². The number of nitrogens with zero attached hydrogens (tertiary/aromatic N) is 6. The zero-order valence-corrected chi connectivity index (χ0v) is 12.3. The van der Waals surface area contributed by atoms with Gasteiger partial charge in [-0.05, 0) is 49.2 Å². The second-order valence-electron chi connectivity index (χ2n) is 5.28. The fourth-order valence-electron chi connectivity index (χ4n) is 2.46. The van der Waals surface area contributed by atoms with Crippen LogP contribution < -0.4 is 0 Å². The standard InChI is InChI=1S/C16H14N6/c1-11-5-14-15(6-12(11)2)22(8-18-14)13-3-4-16(17-7-13)21-9-19-20-10-21/h3-10H,1-2H3. The monoisotopic (exact) mass is 290 g/mol.